The van der Waals surface area contributed by atoms with Gasteiger partial charge in [0, 0.05) is 25.7 Å². The summed E-state index contributed by atoms with van der Waals surface area (Å²) in [5, 5.41) is 0. The molecule has 2 saturated heterocycles. The van der Waals surface area contributed by atoms with Crippen molar-refractivity contribution < 1.29 is 42.9 Å². The summed E-state index contributed by atoms with van der Waals surface area (Å²) in [5.41, 5.74) is -3.60. The zero-order chi connectivity index (χ0) is 24.5. The Bertz CT molecular complexity index is 1030. The Kier molecular flexibility index (Phi) is 4.38. The van der Waals surface area contributed by atoms with Crippen molar-refractivity contribution >= 4 is 39.8 Å². The Balaban J connectivity index is 1.55. The van der Waals surface area contributed by atoms with E-state index in [0.29, 0.717) is 38.7 Å². The maximum Gasteiger partial charge on any atom is 0.316 e. The molecule has 0 N–H and O–H groups in total. The number of hydrogen-bond acceptors (Lipinski definition) is 9. The highest BCUT2D eigenvalue weighted by molar-refractivity contribution is 9.10. The summed E-state index contributed by atoms with van der Waals surface area (Å²) in [4.78, 5) is 51.2. The van der Waals surface area contributed by atoms with E-state index < -0.39 is 68.2 Å². The Morgan fingerprint density at radius 1 is 1.15 bits per heavy atom. The van der Waals surface area contributed by atoms with E-state index in [-0.39, 0.29) is 12.0 Å². The second-order valence-electron chi connectivity index (χ2n) is 11.4. The van der Waals surface area contributed by atoms with E-state index >= 15 is 0 Å². The Labute approximate surface area is 205 Å². The molecule has 4 aliphatic carbocycles. The van der Waals surface area contributed by atoms with E-state index in [1.165, 1.54) is 21.0 Å². The topological polar surface area (TPSA) is 114 Å². The standard InChI is InChI=1S/C24H29BrO9/c1-11(26)32-14-5-6-23-13-7-15-24(33-12(2)27)9-21(13,8-22(24,25)10-31-15)16(18(28)30-4)17(23)20(14,3)19(29)34-23/h13-17H,5-10H2,1-4H3/t13-,14+,15-,16-,17-,20+,21+,22-,23-,24+/m1/s1. The second-order valence-corrected chi connectivity index (χ2v) is 12.9. The number of carbonyl (C=O) groups is 4. The summed E-state index contributed by atoms with van der Waals surface area (Å²) in [6.07, 6.45) is 1.35. The van der Waals surface area contributed by atoms with Crippen LogP contribution in [0.1, 0.15) is 52.9 Å². The van der Waals surface area contributed by atoms with E-state index in [4.69, 9.17) is 23.7 Å². The highest BCUT2D eigenvalue weighted by Crippen LogP contribution is 2.81. The first-order valence-corrected chi connectivity index (χ1v) is 12.7. The van der Waals surface area contributed by atoms with Crippen LogP contribution in [0.4, 0.5) is 0 Å². The van der Waals surface area contributed by atoms with Gasteiger partial charge in [0.25, 0.3) is 0 Å². The van der Waals surface area contributed by atoms with Gasteiger partial charge in [-0.1, -0.05) is 15.9 Å². The number of alkyl halides is 1. The van der Waals surface area contributed by atoms with Crippen LogP contribution in [0.2, 0.25) is 0 Å². The number of methoxy groups -OCH3 is 1. The van der Waals surface area contributed by atoms with Crippen LogP contribution in [0.15, 0.2) is 0 Å². The molecule has 0 unspecified atom stereocenters. The summed E-state index contributed by atoms with van der Waals surface area (Å²) in [5.74, 6) is -3.07. The minimum absolute atomic E-state index is 0.174. The summed E-state index contributed by atoms with van der Waals surface area (Å²) in [7, 11) is 1.36. The van der Waals surface area contributed by atoms with Crippen molar-refractivity contribution in [2.75, 3.05) is 13.7 Å². The molecule has 6 aliphatic rings. The minimum Gasteiger partial charge on any atom is -0.469 e. The van der Waals surface area contributed by atoms with Gasteiger partial charge in [-0.05, 0) is 44.4 Å². The molecule has 10 atom stereocenters. The van der Waals surface area contributed by atoms with Gasteiger partial charge in [0.2, 0.25) is 0 Å². The van der Waals surface area contributed by atoms with E-state index in [2.05, 4.69) is 15.9 Å². The third-order valence-corrected chi connectivity index (χ3v) is 11.3. The van der Waals surface area contributed by atoms with E-state index in [1.807, 2.05) is 0 Å². The van der Waals surface area contributed by atoms with Crippen LogP contribution in [0.3, 0.4) is 0 Å². The average molecular weight is 541 g/mol. The first-order chi connectivity index (χ1) is 15.9. The molecule has 0 aromatic heterocycles. The molecule has 2 aliphatic heterocycles. The fourth-order valence-corrected chi connectivity index (χ4v) is 10.5. The molecule has 4 bridgehead atoms. The van der Waals surface area contributed by atoms with Crippen LogP contribution in [0.25, 0.3) is 0 Å². The molecular weight excluding hydrogens is 512 g/mol. The van der Waals surface area contributed by atoms with Crippen molar-refractivity contribution in [1.29, 1.82) is 0 Å². The number of carbonyl (C=O) groups excluding carboxylic acids is 4. The first-order valence-electron chi connectivity index (χ1n) is 11.9. The van der Waals surface area contributed by atoms with Gasteiger partial charge in [0.15, 0.2) is 5.60 Å². The zero-order valence-corrected chi connectivity index (χ0v) is 21.3. The van der Waals surface area contributed by atoms with Crippen LogP contribution in [-0.2, 0) is 42.9 Å². The van der Waals surface area contributed by atoms with Gasteiger partial charge >= 0.3 is 23.9 Å². The van der Waals surface area contributed by atoms with Crippen molar-refractivity contribution in [3.05, 3.63) is 0 Å². The number of hydrogen-bond donors (Lipinski definition) is 0. The van der Waals surface area contributed by atoms with Gasteiger partial charge in [0.1, 0.15) is 17.1 Å². The molecule has 9 nitrogen and oxygen atoms in total. The number of halogens is 1. The highest BCUT2D eigenvalue weighted by Gasteiger charge is 2.89. The van der Waals surface area contributed by atoms with E-state index in [0.717, 1.165) is 0 Å². The lowest BCUT2D eigenvalue weighted by Gasteiger charge is -2.48. The van der Waals surface area contributed by atoms with Crippen molar-refractivity contribution in [3.63, 3.8) is 0 Å². The lowest BCUT2D eigenvalue weighted by Crippen LogP contribution is -2.57. The third kappa shape index (κ3) is 2.26. The molecule has 6 rings (SSSR count). The molecule has 10 heteroatoms. The van der Waals surface area contributed by atoms with Gasteiger partial charge in [-0.25, -0.2) is 0 Å². The van der Waals surface area contributed by atoms with Gasteiger partial charge in [-0.15, -0.1) is 0 Å². The van der Waals surface area contributed by atoms with Gasteiger partial charge < -0.3 is 23.7 Å². The third-order valence-electron chi connectivity index (χ3n) is 10.1. The van der Waals surface area contributed by atoms with Gasteiger partial charge in [-0.3, -0.25) is 19.2 Å². The lowest BCUT2D eigenvalue weighted by molar-refractivity contribution is -0.185. The van der Waals surface area contributed by atoms with Crippen molar-refractivity contribution in [3.8, 4) is 0 Å². The molecule has 1 spiro atoms. The predicted octanol–water partition coefficient (Wildman–Crippen LogP) is 2.07. The van der Waals surface area contributed by atoms with Crippen LogP contribution < -0.4 is 0 Å². The molecule has 0 aromatic rings. The normalized spacial score (nSPS) is 53.6. The number of rotatable bonds is 3. The summed E-state index contributed by atoms with van der Waals surface area (Å²) >= 11 is 3.90. The summed E-state index contributed by atoms with van der Waals surface area (Å²) in [6, 6.07) is 0. The highest BCUT2D eigenvalue weighted by atomic mass is 79.9. The van der Waals surface area contributed by atoms with E-state index in [1.54, 1.807) is 6.92 Å². The molecule has 34 heavy (non-hydrogen) atoms. The van der Waals surface area contributed by atoms with Gasteiger partial charge in [-0.2, -0.15) is 0 Å². The smallest absolute Gasteiger partial charge is 0.316 e. The maximum absolute atomic E-state index is 13.6. The lowest BCUT2D eigenvalue weighted by atomic mass is 9.58. The Hall–Kier alpha value is -1.68. The fraction of sp³-hybridized carbons (Fsp3) is 0.833. The molecule has 6 fully saturated rings. The van der Waals surface area contributed by atoms with Crippen LogP contribution in [0.5, 0.6) is 0 Å². The van der Waals surface area contributed by atoms with Crippen molar-refractivity contribution in [2.45, 2.75) is 80.6 Å². The average Bonchev–Trinajstić information content (AvgIpc) is 3.26. The van der Waals surface area contributed by atoms with Crippen molar-refractivity contribution in [2.24, 2.45) is 28.6 Å². The molecular formula is C24H29BrO9. The molecule has 0 radical (unpaired) electrons. The van der Waals surface area contributed by atoms with Crippen LogP contribution in [-0.4, -0.2) is 65.3 Å². The number of esters is 4. The Morgan fingerprint density at radius 2 is 1.88 bits per heavy atom. The molecule has 0 amide bonds. The Morgan fingerprint density at radius 3 is 2.53 bits per heavy atom. The second kappa shape index (κ2) is 6.55. The van der Waals surface area contributed by atoms with Crippen LogP contribution >= 0.6 is 15.9 Å². The zero-order valence-electron chi connectivity index (χ0n) is 19.7. The minimum atomic E-state index is -1.18. The van der Waals surface area contributed by atoms with Crippen LogP contribution in [0, 0.1) is 28.6 Å². The quantitative estimate of drug-likeness (QED) is 0.301. The maximum atomic E-state index is 13.6. The fourth-order valence-electron chi connectivity index (χ4n) is 9.33. The predicted molar refractivity (Wildman–Crippen MR) is 116 cm³/mol. The summed E-state index contributed by atoms with van der Waals surface area (Å²) < 4.78 is 28.9. The molecule has 0 aromatic carbocycles. The molecule has 186 valence electrons. The SMILES string of the molecule is COC(=O)[C@H]1[C@H]2[C@@]3(CC[C@H](OC(C)=O)[C@]2(C)C(=O)O3)[C@@H]2C[C@H]3OC[C@]4(Br)C[C@]21C[C@]34OC(C)=O. The monoisotopic (exact) mass is 540 g/mol. The molecule has 2 heterocycles. The summed E-state index contributed by atoms with van der Waals surface area (Å²) in [6.45, 7) is 4.84. The van der Waals surface area contributed by atoms with Crippen molar-refractivity contribution in [1.82, 2.24) is 0 Å². The largest absolute Gasteiger partial charge is 0.469 e. The first kappa shape index (κ1) is 22.8. The number of ether oxygens (including phenoxy) is 5. The molecule has 4 saturated carbocycles. The van der Waals surface area contributed by atoms with E-state index in [9.17, 15) is 19.2 Å². The van der Waals surface area contributed by atoms with Gasteiger partial charge in [0.05, 0.1) is 30.1 Å².